The Hall–Kier alpha value is -4.12. The first-order valence-corrected chi connectivity index (χ1v) is 30.1. The van der Waals surface area contributed by atoms with E-state index in [2.05, 4.69) is 21.3 Å². The molecule has 29 nitrogen and oxygen atoms in total. The van der Waals surface area contributed by atoms with E-state index in [9.17, 15) is 84.3 Å². The number of nitrogens with one attached hydrogen (secondary N) is 4. The molecule has 496 valence electrons. The van der Waals surface area contributed by atoms with Gasteiger partial charge in [0.1, 0.15) is 59.8 Å². The van der Waals surface area contributed by atoms with Crippen molar-refractivity contribution in [3.05, 3.63) is 0 Å². The first-order chi connectivity index (χ1) is 40.9. The summed E-state index contributed by atoms with van der Waals surface area (Å²) < 4.78 is 39.3. The summed E-state index contributed by atoms with van der Waals surface area (Å²) in [5.74, 6) is -5.89. The summed E-state index contributed by atoms with van der Waals surface area (Å²) in [4.78, 5) is 108. The Morgan fingerprint density at radius 1 is 0.442 bits per heavy atom. The predicted molar refractivity (Wildman–Crippen MR) is 302 cm³/mol. The quantitative estimate of drug-likeness (QED) is 0.0264. The molecule has 3 rings (SSSR count). The van der Waals surface area contributed by atoms with Crippen LogP contribution in [0.1, 0.15) is 125 Å². The van der Waals surface area contributed by atoms with Crippen LogP contribution in [0.5, 0.6) is 0 Å². The Balaban J connectivity index is 1.68. The van der Waals surface area contributed by atoms with E-state index in [4.69, 9.17) is 33.2 Å². The summed E-state index contributed by atoms with van der Waals surface area (Å²) in [7, 11) is 0. The first kappa shape index (κ1) is 76.1. The van der Waals surface area contributed by atoms with E-state index in [-0.39, 0.29) is 141 Å². The van der Waals surface area contributed by atoms with Gasteiger partial charge in [-0.25, -0.2) is 0 Å². The maximum Gasteiger partial charge on any atom is 0.239 e. The van der Waals surface area contributed by atoms with Crippen LogP contribution in [0.4, 0.5) is 0 Å². The van der Waals surface area contributed by atoms with Gasteiger partial charge in [0.2, 0.25) is 23.6 Å². The minimum Gasteiger partial charge on any atom is -0.394 e. The van der Waals surface area contributed by atoms with Crippen LogP contribution < -0.4 is 21.3 Å². The molecule has 0 aromatic rings. The van der Waals surface area contributed by atoms with Gasteiger partial charge in [-0.15, -0.1) is 0 Å². The summed E-state index contributed by atoms with van der Waals surface area (Å²) >= 11 is 0. The number of aliphatic hydroxyl groups is 9. The second-order valence-corrected chi connectivity index (χ2v) is 22.6. The van der Waals surface area contributed by atoms with Crippen LogP contribution in [0, 0.1) is 17.8 Å². The smallest absolute Gasteiger partial charge is 0.239 e. The number of carbonyl (C=O) groups excluding carboxylic acids is 8. The van der Waals surface area contributed by atoms with Gasteiger partial charge in [-0.2, -0.15) is 0 Å². The van der Waals surface area contributed by atoms with Gasteiger partial charge in [-0.3, -0.25) is 43.3 Å². The van der Waals surface area contributed by atoms with E-state index < -0.39 is 172 Å². The highest BCUT2D eigenvalue weighted by molar-refractivity contribution is 5.92. The number of carbonyl (C=O) groups is 8. The number of rotatable bonds is 44. The molecule has 3 aliphatic heterocycles. The Morgan fingerprint density at radius 3 is 1.20 bits per heavy atom. The zero-order chi connectivity index (χ0) is 63.9. The maximum atomic E-state index is 14.2. The van der Waals surface area contributed by atoms with Crippen LogP contribution >= 0.6 is 0 Å². The molecule has 16 atom stereocenters. The minimum absolute atomic E-state index is 0.0127. The van der Waals surface area contributed by atoms with Crippen molar-refractivity contribution < 1.29 is 117 Å². The highest BCUT2D eigenvalue weighted by Crippen LogP contribution is 2.29. The Morgan fingerprint density at radius 2 is 0.814 bits per heavy atom. The second-order valence-electron chi connectivity index (χ2n) is 22.6. The molecule has 0 spiro atoms. The molecule has 0 aromatic heterocycles. The maximum absolute atomic E-state index is 14.2. The number of ether oxygens (including phenoxy) is 7. The van der Waals surface area contributed by atoms with Crippen LogP contribution in [0.2, 0.25) is 0 Å². The van der Waals surface area contributed by atoms with Crippen molar-refractivity contribution in [1.29, 1.82) is 0 Å². The van der Waals surface area contributed by atoms with E-state index in [1.54, 1.807) is 20.8 Å². The van der Waals surface area contributed by atoms with Gasteiger partial charge >= 0.3 is 0 Å². The SMILES string of the molecule is CC(C)OCCCC(=O)CCCC(=O)CCC(C(=O)NCC(=O)NCCCO[C@@H]1OC(CO)[C@H](O)[C@H](O)C1C)N(CC(=O)CCC(=O)NCCCO[C@@H]1OC(CO)[C@H](O)[C@H](O)C1C)CC(=O)CCC(=O)NCCCO[C@@H]1OC(CO)[C@H](O)[C@H](O)C1C. The van der Waals surface area contributed by atoms with Crippen molar-refractivity contribution >= 4 is 46.8 Å². The average Bonchev–Trinajstić information content (AvgIpc) is 2.23. The lowest BCUT2D eigenvalue weighted by molar-refractivity contribution is -0.282. The number of Topliss-reactive ketones (excluding diaryl/α,β-unsaturated/α-hetero) is 4. The van der Waals surface area contributed by atoms with Crippen molar-refractivity contribution in [3.63, 3.8) is 0 Å². The average molecular weight is 1240 g/mol. The van der Waals surface area contributed by atoms with Gasteiger partial charge in [0.25, 0.3) is 0 Å². The van der Waals surface area contributed by atoms with E-state index in [0.717, 1.165) is 0 Å². The molecule has 13 N–H and O–H groups in total. The normalized spacial score (nSPS) is 28.0. The lowest BCUT2D eigenvalue weighted by Gasteiger charge is -2.40. The second kappa shape index (κ2) is 41.2. The topological polar surface area (TPSA) is 435 Å². The third kappa shape index (κ3) is 27.3. The van der Waals surface area contributed by atoms with E-state index >= 15 is 0 Å². The fourth-order valence-electron chi connectivity index (χ4n) is 9.75. The molecule has 0 bridgehead atoms. The highest BCUT2D eigenvalue weighted by Gasteiger charge is 2.45. The van der Waals surface area contributed by atoms with Crippen molar-refractivity contribution in [3.8, 4) is 0 Å². The molecule has 29 heteroatoms. The molecule has 0 saturated carbocycles. The van der Waals surface area contributed by atoms with Gasteiger partial charge in [0, 0.05) is 95.4 Å². The van der Waals surface area contributed by atoms with E-state index in [1.807, 2.05) is 13.8 Å². The van der Waals surface area contributed by atoms with Crippen molar-refractivity contribution in [2.45, 2.75) is 210 Å². The van der Waals surface area contributed by atoms with Crippen LogP contribution in [-0.4, -0.2) is 269 Å². The van der Waals surface area contributed by atoms with Gasteiger partial charge < -0.3 is 100 Å². The number of nitrogens with zero attached hydrogens (tertiary/aromatic N) is 1. The summed E-state index contributed by atoms with van der Waals surface area (Å²) in [6.07, 6.45) is -13.3. The third-order valence-corrected chi connectivity index (χ3v) is 15.2. The zero-order valence-corrected chi connectivity index (χ0v) is 50.5. The van der Waals surface area contributed by atoms with Gasteiger partial charge in [-0.1, -0.05) is 20.8 Å². The van der Waals surface area contributed by atoms with Crippen LogP contribution in [-0.2, 0) is 71.5 Å². The summed E-state index contributed by atoms with van der Waals surface area (Å²) in [6.45, 7) is 6.09. The third-order valence-electron chi connectivity index (χ3n) is 15.2. The fraction of sp³-hybridized carbons (Fsp3) is 0.860. The molecular weight excluding hydrogens is 1140 g/mol. The van der Waals surface area contributed by atoms with Crippen LogP contribution in [0.15, 0.2) is 0 Å². The summed E-state index contributed by atoms with van der Waals surface area (Å²) in [6, 6.07) is -1.38. The lowest BCUT2D eigenvalue weighted by Crippen LogP contribution is -2.55. The minimum atomic E-state index is -1.38. The van der Waals surface area contributed by atoms with Crippen LogP contribution in [0.25, 0.3) is 0 Å². The zero-order valence-electron chi connectivity index (χ0n) is 50.5. The van der Waals surface area contributed by atoms with E-state index in [1.165, 1.54) is 4.90 Å². The number of hydrogen-bond donors (Lipinski definition) is 13. The van der Waals surface area contributed by atoms with Crippen LogP contribution in [0.3, 0.4) is 0 Å². The molecule has 3 fully saturated rings. The molecule has 7 unspecified atom stereocenters. The standard InChI is InChI=1S/C57H99N5O24/c1-33(2)80-23-7-13-37(66)11-6-12-38(67)14-17-41(54(79)61-27-47(72)60-22-10-26-83-57-36(5)50(75)53(78)44(32-65)86-57)62(28-39(68)15-18-45(70)58-20-8-24-81-55-34(3)48(73)51(76)42(30-63)84-55)29-40(69)16-19-46(71)59-21-9-25-82-56-35(4)49(74)52(77)43(31-64)85-56/h33-36,41-44,48-53,55-57,63-65,73-78H,6-32H2,1-5H3,(H,58,70)(H,59,71)(H,60,72)(H,61,79)/t34?,35?,36?,41?,42?,43?,44?,48-,49-,50-,51+,52+,53+,55-,56-,57-/m1/s1. The van der Waals surface area contributed by atoms with Crippen molar-refractivity contribution in [1.82, 2.24) is 26.2 Å². The molecule has 3 saturated heterocycles. The molecular formula is C57H99N5O24. The highest BCUT2D eigenvalue weighted by atomic mass is 16.7. The predicted octanol–water partition coefficient (Wildman–Crippen LogP) is -3.44. The summed E-state index contributed by atoms with van der Waals surface area (Å²) in [5.41, 5.74) is 0. The molecule has 3 aliphatic rings. The number of aliphatic hydroxyl groups excluding tert-OH is 9. The number of amides is 4. The van der Waals surface area contributed by atoms with E-state index in [0.29, 0.717) is 13.0 Å². The molecule has 0 aromatic carbocycles. The molecule has 86 heavy (non-hydrogen) atoms. The Kier molecular flexibility index (Phi) is 36.5. The largest absolute Gasteiger partial charge is 0.394 e. The Labute approximate surface area is 502 Å². The van der Waals surface area contributed by atoms with Gasteiger partial charge in [0.05, 0.1) is 89.7 Å². The number of hydrogen-bond acceptors (Lipinski definition) is 25. The molecule has 0 radical (unpaired) electrons. The molecule has 4 amide bonds. The van der Waals surface area contributed by atoms with Crippen molar-refractivity contribution in [2.75, 3.05) is 85.5 Å². The first-order valence-electron chi connectivity index (χ1n) is 30.1. The van der Waals surface area contributed by atoms with Crippen molar-refractivity contribution in [2.24, 2.45) is 17.8 Å². The Bertz CT molecular complexity index is 1980. The van der Waals surface area contributed by atoms with Gasteiger partial charge in [0.15, 0.2) is 18.9 Å². The fourth-order valence-corrected chi connectivity index (χ4v) is 9.75. The monoisotopic (exact) mass is 1240 g/mol. The molecule has 3 heterocycles. The lowest BCUT2D eigenvalue weighted by atomic mass is 9.92. The number of ketones is 4. The molecule has 0 aliphatic carbocycles. The van der Waals surface area contributed by atoms with Gasteiger partial charge in [-0.05, 0) is 52.4 Å². The summed E-state index contributed by atoms with van der Waals surface area (Å²) in [5, 5.41) is 100.